The lowest BCUT2D eigenvalue weighted by atomic mass is 10.3. The van der Waals surface area contributed by atoms with Crippen molar-refractivity contribution >= 4 is 35.3 Å². The van der Waals surface area contributed by atoms with Crippen LogP contribution in [0.25, 0.3) is 0 Å². The van der Waals surface area contributed by atoms with E-state index in [0.29, 0.717) is 18.2 Å². The molecule has 0 saturated carbocycles. The zero-order chi connectivity index (χ0) is 16.7. The van der Waals surface area contributed by atoms with Crippen molar-refractivity contribution in [3.05, 3.63) is 35.9 Å². The molecule has 3 N–H and O–H groups in total. The van der Waals surface area contributed by atoms with Crippen molar-refractivity contribution < 1.29 is 13.9 Å². The average Bonchev–Trinajstić information content (AvgIpc) is 2.49. The standard InChI is InChI=1S/C14H16FN5O2S/c1-2-22-12(21)8-23-7-11-18-13(16)20-14(19-11)17-10-6-4-3-5-9(10)15/h3-6H,2,7-8H2,1H3,(H3,16,17,18,19,20). The first kappa shape index (κ1) is 16.9. The molecular weight excluding hydrogens is 321 g/mol. The number of nitrogens with zero attached hydrogens (tertiary/aromatic N) is 3. The van der Waals surface area contributed by atoms with Crippen molar-refractivity contribution in [2.24, 2.45) is 0 Å². The van der Waals surface area contributed by atoms with E-state index in [1.165, 1.54) is 17.8 Å². The maximum atomic E-state index is 13.6. The Morgan fingerprint density at radius 3 is 2.87 bits per heavy atom. The van der Waals surface area contributed by atoms with E-state index >= 15 is 0 Å². The molecule has 122 valence electrons. The van der Waals surface area contributed by atoms with E-state index in [9.17, 15) is 9.18 Å². The van der Waals surface area contributed by atoms with Crippen LogP contribution >= 0.6 is 11.8 Å². The summed E-state index contributed by atoms with van der Waals surface area (Å²) >= 11 is 1.30. The van der Waals surface area contributed by atoms with Crippen molar-refractivity contribution in [1.29, 1.82) is 0 Å². The van der Waals surface area contributed by atoms with Gasteiger partial charge in [0.05, 0.1) is 23.8 Å². The number of carbonyl (C=O) groups excluding carboxylic acids is 1. The van der Waals surface area contributed by atoms with Gasteiger partial charge in [-0.2, -0.15) is 15.0 Å². The van der Waals surface area contributed by atoms with E-state index in [-0.39, 0.29) is 29.3 Å². The number of para-hydroxylation sites is 1. The number of anilines is 3. The molecular formula is C14H16FN5O2S. The van der Waals surface area contributed by atoms with Crippen LogP contribution in [0.15, 0.2) is 24.3 Å². The number of aromatic nitrogens is 3. The normalized spacial score (nSPS) is 10.3. The van der Waals surface area contributed by atoms with Crippen LogP contribution in [0.2, 0.25) is 0 Å². The van der Waals surface area contributed by atoms with Crippen LogP contribution < -0.4 is 11.1 Å². The highest BCUT2D eigenvalue weighted by molar-refractivity contribution is 7.99. The maximum Gasteiger partial charge on any atom is 0.315 e. The van der Waals surface area contributed by atoms with Gasteiger partial charge in [0.2, 0.25) is 11.9 Å². The van der Waals surface area contributed by atoms with E-state index in [1.807, 2.05) is 0 Å². The van der Waals surface area contributed by atoms with Crippen LogP contribution in [-0.2, 0) is 15.3 Å². The third kappa shape index (κ3) is 5.37. The number of benzene rings is 1. The molecule has 0 aliphatic heterocycles. The molecule has 2 aromatic rings. The number of hydrogen-bond donors (Lipinski definition) is 2. The minimum absolute atomic E-state index is 0.0191. The molecule has 0 unspecified atom stereocenters. The molecule has 0 spiro atoms. The van der Waals surface area contributed by atoms with E-state index in [2.05, 4.69) is 20.3 Å². The largest absolute Gasteiger partial charge is 0.465 e. The summed E-state index contributed by atoms with van der Waals surface area (Å²) in [6, 6.07) is 6.15. The molecule has 2 rings (SSSR count). The minimum atomic E-state index is -0.426. The second-order valence-corrected chi connectivity index (χ2v) is 5.32. The second-order valence-electron chi connectivity index (χ2n) is 4.34. The molecule has 23 heavy (non-hydrogen) atoms. The highest BCUT2D eigenvalue weighted by Gasteiger charge is 2.09. The number of thioether (sulfide) groups is 1. The van der Waals surface area contributed by atoms with Gasteiger partial charge in [-0.25, -0.2) is 4.39 Å². The molecule has 9 heteroatoms. The summed E-state index contributed by atoms with van der Waals surface area (Å²) in [5, 5.41) is 2.75. The lowest BCUT2D eigenvalue weighted by Crippen LogP contribution is -2.09. The van der Waals surface area contributed by atoms with Crippen LogP contribution in [0.3, 0.4) is 0 Å². The smallest absolute Gasteiger partial charge is 0.315 e. The molecule has 0 bridgehead atoms. The molecule has 0 radical (unpaired) electrons. The maximum absolute atomic E-state index is 13.6. The molecule has 0 saturated heterocycles. The van der Waals surface area contributed by atoms with Gasteiger partial charge in [0.15, 0.2) is 0 Å². The van der Waals surface area contributed by atoms with Crippen molar-refractivity contribution in [2.45, 2.75) is 12.7 Å². The highest BCUT2D eigenvalue weighted by Crippen LogP contribution is 2.18. The summed E-state index contributed by atoms with van der Waals surface area (Å²) in [6.45, 7) is 2.09. The third-order valence-electron chi connectivity index (χ3n) is 2.58. The average molecular weight is 337 g/mol. The van der Waals surface area contributed by atoms with Gasteiger partial charge in [-0.1, -0.05) is 12.1 Å². The Morgan fingerprint density at radius 1 is 1.35 bits per heavy atom. The summed E-state index contributed by atoms with van der Waals surface area (Å²) in [4.78, 5) is 23.3. The van der Waals surface area contributed by atoms with Gasteiger partial charge in [0.1, 0.15) is 11.6 Å². The third-order valence-corrected chi connectivity index (χ3v) is 3.48. The second kappa shape index (κ2) is 8.28. The topological polar surface area (TPSA) is 103 Å². The Kier molecular flexibility index (Phi) is 6.10. The number of rotatable bonds is 7. The number of nitrogen functional groups attached to an aromatic ring is 1. The Morgan fingerprint density at radius 2 is 2.13 bits per heavy atom. The molecule has 1 aromatic carbocycles. The summed E-state index contributed by atoms with van der Waals surface area (Å²) in [6.07, 6.45) is 0. The van der Waals surface area contributed by atoms with Crippen LogP contribution in [0.4, 0.5) is 22.0 Å². The summed E-state index contributed by atoms with van der Waals surface area (Å²) in [5.74, 6) is 0.381. The van der Waals surface area contributed by atoms with Crippen LogP contribution in [0.1, 0.15) is 12.7 Å². The van der Waals surface area contributed by atoms with Gasteiger partial charge in [0.25, 0.3) is 0 Å². The van der Waals surface area contributed by atoms with Gasteiger partial charge < -0.3 is 15.8 Å². The molecule has 0 amide bonds. The predicted octanol–water partition coefficient (Wildman–Crippen LogP) is 2.13. The van der Waals surface area contributed by atoms with E-state index in [1.54, 1.807) is 25.1 Å². The van der Waals surface area contributed by atoms with Crippen molar-refractivity contribution in [3.63, 3.8) is 0 Å². The van der Waals surface area contributed by atoms with Gasteiger partial charge in [-0.3, -0.25) is 4.79 Å². The highest BCUT2D eigenvalue weighted by atomic mass is 32.2. The molecule has 0 fully saturated rings. The van der Waals surface area contributed by atoms with E-state index < -0.39 is 5.82 Å². The Labute approximate surface area is 136 Å². The molecule has 7 nitrogen and oxygen atoms in total. The fourth-order valence-corrected chi connectivity index (χ4v) is 2.33. The predicted molar refractivity (Wildman–Crippen MR) is 86.7 cm³/mol. The fourth-order valence-electron chi connectivity index (χ4n) is 1.67. The molecule has 0 aliphatic rings. The number of hydrogen-bond acceptors (Lipinski definition) is 8. The lowest BCUT2D eigenvalue weighted by molar-refractivity contribution is -0.139. The zero-order valence-corrected chi connectivity index (χ0v) is 13.3. The number of halogens is 1. The lowest BCUT2D eigenvalue weighted by Gasteiger charge is -2.08. The number of ether oxygens (including phenoxy) is 1. The first-order valence-corrected chi connectivity index (χ1v) is 7.99. The van der Waals surface area contributed by atoms with Crippen LogP contribution in [0.5, 0.6) is 0 Å². The number of nitrogens with two attached hydrogens (primary N) is 1. The molecule has 0 aliphatic carbocycles. The number of carbonyl (C=O) groups is 1. The fraction of sp³-hybridized carbons (Fsp3) is 0.286. The minimum Gasteiger partial charge on any atom is -0.465 e. The Bertz CT molecular complexity index is 686. The quantitative estimate of drug-likeness (QED) is 0.741. The molecule has 1 heterocycles. The summed E-state index contributed by atoms with van der Waals surface area (Å²) < 4.78 is 18.4. The van der Waals surface area contributed by atoms with Crippen molar-refractivity contribution in [1.82, 2.24) is 15.0 Å². The number of nitrogens with one attached hydrogen (secondary N) is 1. The zero-order valence-electron chi connectivity index (χ0n) is 12.5. The molecule has 0 atom stereocenters. The van der Waals surface area contributed by atoms with Crippen LogP contribution in [-0.4, -0.2) is 33.3 Å². The van der Waals surface area contributed by atoms with Gasteiger partial charge in [-0.05, 0) is 19.1 Å². The first-order valence-electron chi connectivity index (χ1n) is 6.84. The van der Waals surface area contributed by atoms with E-state index in [4.69, 9.17) is 10.5 Å². The van der Waals surface area contributed by atoms with Crippen molar-refractivity contribution in [3.8, 4) is 0 Å². The molecule has 1 aromatic heterocycles. The van der Waals surface area contributed by atoms with Gasteiger partial charge in [0, 0.05) is 0 Å². The van der Waals surface area contributed by atoms with E-state index in [0.717, 1.165) is 0 Å². The van der Waals surface area contributed by atoms with Crippen LogP contribution in [0, 0.1) is 5.82 Å². The number of esters is 1. The summed E-state index contributed by atoms with van der Waals surface area (Å²) in [7, 11) is 0. The first-order chi connectivity index (χ1) is 11.1. The van der Waals surface area contributed by atoms with Gasteiger partial charge in [-0.15, -0.1) is 11.8 Å². The van der Waals surface area contributed by atoms with Crippen molar-refractivity contribution in [2.75, 3.05) is 23.4 Å². The SMILES string of the molecule is CCOC(=O)CSCc1nc(N)nc(Nc2ccccc2F)n1. The Hall–Kier alpha value is -2.42. The monoisotopic (exact) mass is 337 g/mol. The Balaban J connectivity index is 2.01. The van der Waals surface area contributed by atoms with Gasteiger partial charge >= 0.3 is 5.97 Å². The summed E-state index contributed by atoms with van der Waals surface area (Å²) in [5.41, 5.74) is 5.87.